The lowest BCUT2D eigenvalue weighted by Crippen LogP contribution is -2.61. The summed E-state index contributed by atoms with van der Waals surface area (Å²) in [5, 5.41) is 9.42. The minimum atomic E-state index is -1.36. The molecule has 0 rings (SSSR count). The summed E-state index contributed by atoms with van der Waals surface area (Å²) in [6, 6.07) is 0. The number of methoxy groups -OCH3 is 1. The van der Waals surface area contributed by atoms with Gasteiger partial charge < -0.3 is 15.6 Å². The molecule has 0 aromatic heterocycles. The molecule has 66 valence electrons. The normalized spacial score (nSPS) is 17.3. The third kappa shape index (κ3) is 1.91. The SMILES string of the molecule is COC(=O)C(C)(N)C(C)(C)O. The summed E-state index contributed by atoms with van der Waals surface area (Å²) in [4.78, 5) is 11.0. The first-order chi connectivity index (χ1) is 4.73. The summed E-state index contributed by atoms with van der Waals surface area (Å²) in [6.07, 6.45) is 0. The van der Waals surface area contributed by atoms with Gasteiger partial charge in [-0.1, -0.05) is 0 Å². The van der Waals surface area contributed by atoms with Gasteiger partial charge in [-0.3, -0.25) is 0 Å². The van der Waals surface area contributed by atoms with Crippen LogP contribution in [0.25, 0.3) is 0 Å². The van der Waals surface area contributed by atoms with E-state index < -0.39 is 17.1 Å². The van der Waals surface area contributed by atoms with Crippen LogP contribution in [0.5, 0.6) is 0 Å². The van der Waals surface area contributed by atoms with Crippen molar-refractivity contribution in [1.29, 1.82) is 0 Å². The van der Waals surface area contributed by atoms with Crippen molar-refractivity contribution in [3.05, 3.63) is 0 Å². The molecule has 0 aromatic carbocycles. The first-order valence-electron chi connectivity index (χ1n) is 3.33. The Bertz CT molecular complexity index is 158. The van der Waals surface area contributed by atoms with Crippen LogP contribution in [-0.2, 0) is 9.53 Å². The van der Waals surface area contributed by atoms with Gasteiger partial charge in [-0.05, 0) is 20.8 Å². The molecule has 0 heterocycles. The van der Waals surface area contributed by atoms with Crippen molar-refractivity contribution in [2.24, 2.45) is 5.73 Å². The molecular weight excluding hydrogens is 146 g/mol. The van der Waals surface area contributed by atoms with Gasteiger partial charge in [0.25, 0.3) is 0 Å². The van der Waals surface area contributed by atoms with Crippen molar-refractivity contribution < 1.29 is 14.6 Å². The van der Waals surface area contributed by atoms with E-state index in [0.717, 1.165) is 0 Å². The Hall–Kier alpha value is -0.610. The number of aliphatic hydroxyl groups is 1. The Labute approximate surface area is 66.3 Å². The van der Waals surface area contributed by atoms with Gasteiger partial charge in [0, 0.05) is 0 Å². The summed E-state index contributed by atoms with van der Waals surface area (Å²) in [5.74, 6) is -0.620. The van der Waals surface area contributed by atoms with Crippen molar-refractivity contribution in [3.63, 3.8) is 0 Å². The average Bonchev–Trinajstić information content (AvgIpc) is 1.83. The molecule has 0 aromatic rings. The van der Waals surface area contributed by atoms with E-state index in [1.54, 1.807) is 0 Å². The van der Waals surface area contributed by atoms with E-state index in [2.05, 4.69) is 4.74 Å². The van der Waals surface area contributed by atoms with Gasteiger partial charge in [-0.15, -0.1) is 0 Å². The minimum absolute atomic E-state index is 0.620. The Morgan fingerprint density at radius 3 is 1.91 bits per heavy atom. The fourth-order valence-corrected chi connectivity index (χ4v) is 0.462. The van der Waals surface area contributed by atoms with Crippen LogP contribution in [0, 0.1) is 0 Å². The van der Waals surface area contributed by atoms with Crippen LogP contribution in [0.3, 0.4) is 0 Å². The van der Waals surface area contributed by atoms with E-state index in [4.69, 9.17) is 5.73 Å². The molecule has 0 bridgehead atoms. The van der Waals surface area contributed by atoms with Gasteiger partial charge in [0.15, 0.2) is 0 Å². The lowest BCUT2D eigenvalue weighted by molar-refractivity contribution is -0.155. The molecule has 11 heavy (non-hydrogen) atoms. The quantitative estimate of drug-likeness (QED) is 0.543. The maximum Gasteiger partial charge on any atom is 0.328 e. The lowest BCUT2D eigenvalue weighted by atomic mass is 9.85. The molecule has 4 heteroatoms. The second-order valence-corrected chi connectivity index (χ2v) is 3.25. The van der Waals surface area contributed by atoms with Gasteiger partial charge >= 0.3 is 5.97 Å². The second kappa shape index (κ2) is 2.79. The van der Waals surface area contributed by atoms with Gasteiger partial charge in [-0.25, -0.2) is 4.79 Å². The Balaban J connectivity index is 4.59. The maximum atomic E-state index is 11.0. The van der Waals surface area contributed by atoms with Crippen molar-refractivity contribution in [3.8, 4) is 0 Å². The number of hydrogen-bond acceptors (Lipinski definition) is 4. The molecule has 0 radical (unpaired) electrons. The molecule has 0 saturated carbocycles. The largest absolute Gasteiger partial charge is 0.468 e. The predicted molar refractivity (Wildman–Crippen MR) is 40.9 cm³/mol. The standard InChI is InChI=1S/C7H15NO3/c1-6(2,10)7(3,8)5(9)11-4/h10H,8H2,1-4H3. The summed E-state index contributed by atoms with van der Waals surface area (Å²) in [5.41, 5.74) is 2.89. The van der Waals surface area contributed by atoms with Crippen LogP contribution < -0.4 is 5.73 Å². The highest BCUT2D eigenvalue weighted by Crippen LogP contribution is 2.19. The summed E-state index contributed by atoms with van der Waals surface area (Å²) in [7, 11) is 1.24. The van der Waals surface area contributed by atoms with Gasteiger partial charge in [0.2, 0.25) is 0 Å². The molecule has 0 spiro atoms. The number of hydrogen-bond donors (Lipinski definition) is 2. The van der Waals surface area contributed by atoms with Crippen LogP contribution >= 0.6 is 0 Å². The zero-order valence-electron chi connectivity index (χ0n) is 7.34. The van der Waals surface area contributed by atoms with Crippen molar-refractivity contribution >= 4 is 5.97 Å². The highest BCUT2D eigenvalue weighted by molar-refractivity contribution is 5.81. The first-order valence-corrected chi connectivity index (χ1v) is 3.33. The molecule has 0 fully saturated rings. The Morgan fingerprint density at radius 1 is 1.45 bits per heavy atom. The topological polar surface area (TPSA) is 72.5 Å². The highest BCUT2D eigenvalue weighted by Gasteiger charge is 2.43. The number of carbonyl (C=O) groups excluding carboxylic acids is 1. The van der Waals surface area contributed by atoms with E-state index in [1.165, 1.54) is 27.9 Å². The van der Waals surface area contributed by atoms with Crippen molar-refractivity contribution in [2.75, 3.05) is 7.11 Å². The molecule has 3 N–H and O–H groups in total. The molecule has 0 aliphatic carbocycles. The van der Waals surface area contributed by atoms with E-state index in [-0.39, 0.29) is 0 Å². The van der Waals surface area contributed by atoms with Crippen LogP contribution in [0.1, 0.15) is 20.8 Å². The van der Waals surface area contributed by atoms with Crippen molar-refractivity contribution in [2.45, 2.75) is 31.9 Å². The molecule has 4 nitrogen and oxygen atoms in total. The lowest BCUT2D eigenvalue weighted by Gasteiger charge is -2.33. The number of ether oxygens (including phenoxy) is 1. The second-order valence-electron chi connectivity index (χ2n) is 3.25. The number of nitrogens with two attached hydrogens (primary N) is 1. The third-order valence-corrected chi connectivity index (χ3v) is 1.88. The van der Waals surface area contributed by atoms with E-state index in [1.807, 2.05) is 0 Å². The van der Waals surface area contributed by atoms with Crippen LogP contribution in [0.4, 0.5) is 0 Å². The zero-order valence-corrected chi connectivity index (χ0v) is 7.34. The summed E-state index contributed by atoms with van der Waals surface area (Å²) >= 11 is 0. The van der Waals surface area contributed by atoms with Gasteiger partial charge in [0.1, 0.15) is 5.54 Å². The van der Waals surface area contributed by atoms with Gasteiger partial charge in [0.05, 0.1) is 12.7 Å². The van der Waals surface area contributed by atoms with Crippen LogP contribution in [-0.4, -0.2) is 29.3 Å². The molecule has 0 saturated heterocycles. The molecule has 1 unspecified atom stereocenters. The summed E-state index contributed by atoms with van der Waals surface area (Å²) < 4.78 is 4.42. The van der Waals surface area contributed by atoms with Gasteiger partial charge in [-0.2, -0.15) is 0 Å². The molecule has 0 amide bonds. The van der Waals surface area contributed by atoms with E-state index in [9.17, 15) is 9.90 Å². The van der Waals surface area contributed by atoms with E-state index in [0.29, 0.717) is 0 Å². The van der Waals surface area contributed by atoms with Crippen LogP contribution in [0.15, 0.2) is 0 Å². The Morgan fingerprint density at radius 2 is 1.82 bits per heavy atom. The predicted octanol–water partition coefficient (Wildman–Crippen LogP) is -0.352. The molecule has 0 aliphatic rings. The molecular formula is C7H15NO3. The van der Waals surface area contributed by atoms with E-state index >= 15 is 0 Å². The number of esters is 1. The molecule has 1 atom stereocenters. The Kier molecular flexibility index (Phi) is 2.64. The molecule has 0 aliphatic heterocycles. The first kappa shape index (κ1) is 10.4. The third-order valence-electron chi connectivity index (χ3n) is 1.88. The zero-order chi connectivity index (χ0) is 9.28. The number of carbonyl (C=O) groups is 1. The smallest absolute Gasteiger partial charge is 0.328 e. The average molecular weight is 161 g/mol. The number of rotatable bonds is 2. The van der Waals surface area contributed by atoms with Crippen LogP contribution in [0.2, 0.25) is 0 Å². The van der Waals surface area contributed by atoms with Crippen molar-refractivity contribution in [1.82, 2.24) is 0 Å². The summed E-state index contributed by atoms with van der Waals surface area (Å²) in [6.45, 7) is 4.35. The minimum Gasteiger partial charge on any atom is -0.468 e. The monoisotopic (exact) mass is 161 g/mol. The maximum absolute atomic E-state index is 11.0. The fourth-order valence-electron chi connectivity index (χ4n) is 0.462. The fraction of sp³-hybridized carbons (Fsp3) is 0.857. The highest BCUT2D eigenvalue weighted by atomic mass is 16.5.